The minimum Gasteiger partial charge on any atom is -0.465 e. The van der Waals surface area contributed by atoms with Gasteiger partial charge in [-0.05, 0) is 46.5 Å². The van der Waals surface area contributed by atoms with Crippen molar-refractivity contribution in [2.24, 2.45) is 12.5 Å². The van der Waals surface area contributed by atoms with Crippen molar-refractivity contribution in [1.29, 1.82) is 0 Å². The van der Waals surface area contributed by atoms with E-state index in [9.17, 15) is 14.7 Å². The standard InChI is InChI=1S/C21H28BrN5O3/c1-13-18(21(2,3)4)27(20(29)30)9-8-26(13)15-6-7-17(23-11-15)24-16-10-14(22)12-25(5)19(16)28/h6-7,10-13,18H,8-9H2,1-5H3,(H,23,24)(H,29,30). The topological polar surface area (TPSA) is 90.7 Å². The number of nitrogens with one attached hydrogen (secondary N) is 1. The van der Waals surface area contributed by atoms with E-state index in [0.717, 1.165) is 10.2 Å². The van der Waals surface area contributed by atoms with E-state index < -0.39 is 6.09 Å². The molecular formula is C21H28BrN5O3. The Labute approximate surface area is 184 Å². The fraction of sp³-hybridized carbons (Fsp3) is 0.476. The molecule has 1 fully saturated rings. The van der Waals surface area contributed by atoms with Gasteiger partial charge in [-0.15, -0.1) is 0 Å². The summed E-state index contributed by atoms with van der Waals surface area (Å²) in [5.74, 6) is 0.568. The van der Waals surface area contributed by atoms with Crippen molar-refractivity contribution in [3.8, 4) is 0 Å². The van der Waals surface area contributed by atoms with Crippen LogP contribution in [-0.2, 0) is 7.05 Å². The van der Waals surface area contributed by atoms with Gasteiger partial charge in [0.15, 0.2) is 0 Å². The number of aromatic nitrogens is 2. The van der Waals surface area contributed by atoms with E-state index in [1.165, 1.54) is 4.57 Å². The lowest BCUT2D eigenvalue weighted by atomic mass is 9.80. The lowest BCUT2D eigenvalue weighted by Crippen LogP contribution is -2.64. The third-order valence-corrected chi connectivity index (χ3v) is 5.93. The SMILES string of the molecule is CC1C(C(C)(C)C)N(C(=O)O)CCN1c1ccc(Nc2cc(Br)cn(C)c2=O)nc1. The van der Waals surface area contributed by atoms with E-state index in [2.05, 4.69) is 58.8 Å². The number of hydrogen-bond acceptors (Lipinski definition) is 5. The van der Waals surface area contributed by atoms with E-state index in [1.807, 2.05) is 12.1 Å². The molecule has 30 heavy (non-hydrogen) atoms. The fourth-order valence-electron chi connectivity index (χ4n) is 4.29. The van der Waals surface area contributed by atoms with Crippen molar-refractivity contribution in [2.75, 3.05) is 23.3 Å². The van der Waals surface area contributed by atoms with E-state index in [0.29, 0.717) is 24.6 Å². The molecule has 9 heteroatoms. The Morgan fingerprint density at radius 2 is 2.00 bits per heavy atom. The van der Waals surface area contributed by atoms with Crippen LogP contribution in [0.1, 0.15) is 27.7 Å². The van der Waals surface area contributed by atoms with Crippen molar-refractivity contribution < 1.29 is 9.90 Å². The molecule has 0 saturated carbocycles. The van der Waals surface area contributed by atoms with Crippen LogP contribution in [0.4, 0.5) is 22.0 Å². The van der Waals surface area contributed by atoms with Crippen LogP contribution in [0.15, 0.2) is 39.9 Å². The molecule has 2 aromatic rings. The van der Waals surface area contributed by atoms with Gasteiger partial charge in [0.05, 0.1) is 17.9 Å². The van der Waals surface area contributed by atoms with Crippen LogP contribution in [0.3, 0.4) is 0 Å². The summed E-state index contributed by atoms with van der Waals surface area (Å²) in [5, 5.41) is 12.7. The molecule has 2 aromatic heterocycles. The highest BCUT2D eigenvalue weighted by atomic mass is 79.9. The summed E-state index contributed by atoms with van der Waals surface area (Å²) in [6, 6.07) is 5.35. The Hall–Kier alpha value is -2.55. The van der Waals surface area contributed by atoms with Gasteiger partial charge in [-0.2, -0.15) is 0 Å². The second-order valence-corrected chi connectivity index (χ2v) is 9.65. The van der Waals surface area contributed by atoms with Gasteiger partial charge in [-0.1, -0.05) is 20.8 Å². The first kappa shape index (κ1) is 22.1. The smallest absolute Gasteiger partial charge is 0.407 e. The Kier molecular flexibility index (Phi) is 6.12. The summed E-state index contributed by atoms with van der Waals surface area (Å²) in [5.41, 5.74) is 1.01. The molecule has 1 aliphatic heterocycles. The second kappa shape index (κ2) is 8.29. The summed E-state index contributed by atoms with van der Waals surface area (Å²) >= 11 is 3.39. The molecule has 1 amide bonds. The molecule has 2 atom stereocenters. The van der Waals surface area contributed by atoms with E-state index in [4.69, 9.17) is 0 Å². The predicted octanol–water partition coefficient (Wildman–Crippen LogP) is 3.89. The highest BCUT2D eigenvalue weighted by molar-refractivity contribution is 9.10. The second-order valence-electron chi connectivity index (χ2n) is 8.74. The highest BCUT2D eigenvalue weighted by Gasteiger charge is 2.43. The normalized spacial score (nSPS) is 19.7. The van der Waals surface area contributed by atoms with Gasteiger partial charge in [-0.3, -0.25) is 4.79 Å². The van der Waals surface area contributed by atoms with Crippen LogP contribution in [0, 0.1) is 5.41 Å². The molecule has 1 saturated heterocycles. The van der Waals surface area contributed by atoms with Gasteiger partial charge in [0, 0.05) is 36.8 Å². The summed E-state index contributed by atoms with van der Waals surface area (Å²) in [6.45, 7) is 9.30. The van der Waals surface area contributed by atoms with Crippen LogP contribution < -0.4 is 15.8 Å². The van der Waals surface area contributed by atoms with Gasteiger partial charge in [0.1, 0.15) is 11.5 Å². The number of halogens is 1. The van der Waals surface area contributed by atoms with Gasteiger partial charge in [0.2, 0.25) is 0 Å². The van der Waals surface area contributed by atoms with Crippen molar-refractivity contribution in [2.45, 2.75) is 39.8 Å². The minimum absolute atomic E-state index is 0.00664. The number of amides is 1. The number of aryl methyl sites for hydroxylation is 1. The van der Waals surface area contributed by atoms with Gasteiger partial charge in [0.25, 0.3) is 5.56 Å². The largest absolute Gasteiger partial charge is 0.465 e. The number of piperazine rings is 1. The molecule has 2 N–H and O–H groups in total. The molecule has 162 valence electrons. The molecule has 0 bridgehead atoms. The zero-order valence-electron chi connectivity index (χ0n) is 17.9. The molecule has 0 radical (unpaired) electrons. The zero-order chi connectivity index (χ0) is 22.2. The molecule has 0 aliphatic carbocycles. The van der Waals surface area contributed by atoms with Crippen LogP contribution >= 0.6 is 15.9 Å². The van der Waals surface area contributed by atoms with Gasteiger partial charge in [-0.25, -0.2) is 9.78 Å². The minimum atomic E-state index is -0.880. The number of anilines is 3. The molecule has 1 aliphatic rings. The summed E-state index contributed by atoms with van der Waals surface area (Å²) in [4.78, 5) is 32.3. The van der Waals surface area contributed by atoms with Crippen LogP contribution in [-0.4, -0.2) is 50.8 Å². The maximum atomic E-state index is 12.3. The third kappa shape index (κ3) is 4.45. The predicted molar refractivity (Wildman–Crippen MR) is 122 cm³/mol. The molecule has 3 rings (SSSR count). The summed E-state index contributed by atoms with van der Waals surface area (Å²) < 4.78 is 2.29. The number of carbonyl (C=O) groups is 1. The van der Waals surface area contributed by atoms with Crippen molar-refractivity contribution >= 4 is 39.2 Å². The maximum Gasteiger partial charge on any atom is 0.407 e. The van der Waals surface area contributed by atoms with E-state index >= 15 is 0 Å². The monoisotopic (exact) mass is 477 g/mol. The Morgan fingerprint density at radius 3 is 2.57 bits per heavy atom. The maximum absolute atomic E-state index is 12.3. The first-order chi connectivity index (χ1) is 14.0. The molecule has 2 unspecified atom stereocenters. The van der Waals surface area contributed by atoms with Crippen LogP contribution in [0.2, 0.25) is 0 Å². The Balaban J connectivity index is 1.82. The number of hydrogen-bond donors (Lipinski definition) is 2. The van der Waals surface area contributed by atoms with Crippen molar-refractivity contribution in [1.82, 2.24) is 14.5 Å². The first-order valence-electron chi connectivity index (χ1n) is 9.84. The van der Waals surface area contributed by atoms with Gasteiger partial charge < -0.3 is 24.8 Å². The molecule has 0 aromatic carbocycles. The van der Waals surface area contributed by atoms with Crippen molar-refractivity contribution in [3.05, 3.63) is 45.4 Å². The number of rotatable bonds is 3. The Morgan fingerprint density at radius 1 is 1.30 bits per heavy atom. The first-order valence-corrected chi connectivity index (χ1v) is 10.6. The number of nitrogens with zero attached hydrogens (tertiary/aromatic N) is 4. The van der Waals surface area contributed by atoms with Crippen LogP contribution in [0.25, 0.3) is 0 Å². The molecule has 8 nitrogen and oxygen atoms in total. The molecular weight excluding hydrogens is 450 g/mol. The lowest BCUT2D eigenvalue weighted by Gasteiger charge is -2.51. The summed E-state index contributed by atoms with van der Waals surface area (Å²) in [7, 11) is 1.69. The highest BCUT2D eigenvalue weighted by Crippen LogP contribution is 2.34. The number of pyridine rings is 2. The van der Waals surface area contributed by atoms with E-state index in [-0.39, 0.29) is 23.1 Å². The third-order valence-electron chi connectivity index (χ3n) is 5.49. The summed E-state index contributed by atoms with van der Waals surface area (Å²) in [6.07, 6.45) is 2.58. The fourth-order valence-corrected chi connectivity index (χ4v) is 4.82. The Bertz CT molecular complexity index is 984. The number of carboxylic acid groups (broad SMARTS) is 1. The van der Waals surface area contributed by atoms with Gasteiger partial charge >= 0.3 is 6.09 Å². The lowest BCUT2D eigenvalue weighted by molar-refractivity contribution is 0.0564. The molecule has 3 heterocycles. The average molecular weight is 478 g/mol. The zero-order valence-corrected chi connectivity index (χ0v) is 19.5. The van der Waals surface area contributed by atoms with E-state index in [1.54, 1.807) is 30.4 Å². The quantitative estimate of drug-likeness (QED) is 0.696. The van der Waals surface area contributed by atoms with Crippen LogP contribution in [0.5, 0.6) is 0 Å². The molecule has 0 spiro atoms. The average Bonchev–Trinajstić information content (AvgIpc) is 2.65. The van der Waals surface area contributed by atoms with Crippen molar-refractivity contribution in [3.63, 3.8) is 0 Å².